The molecular formula is C26H21F5N2O2. The summed E-state index contributed by atoms with van der Waals surface area (Å²) in [6.07, 6.45) is -2.02. The molecule has 1 amide bonds. The van der Waals surface area contributed by atoms with Gasteiger partial charge in [-0.25, -0.2) is 0 Å². The Morgan fingerprint density at radius 2 is 1.71 bits per heavy atom. The molecule has 3 aromatic rings. The van der Waals surface area contributed by atoms with Crippen LogP contribution >= 0.6 is 0 Å². The van der Waals surface area contributed by atoms with Crippen molar-refractivity contribution in [3.05, 3.63) is 83.2 Å². The maximum Gasteiger partial charge on any atom is 0.416 e. The number of anilines is 1. The number of carbonyl (C=O) groups is 2. The smallest absolute Gasteiger partial charge is 0.325 e. The fourth-order valence-electron chi connectivity index (χ4n) is 3.95. The lowest BCUT2D eigenvalue weighted by molar-refractivity contribution is -0.137. The molecule has 0 atom stereocenters. The Kier molecular flexibility index (Phi) is 6.21. The molecule has 4 rings (SSSR count). The van der Waals surface area contributed by atoms with Crippen LogP contribution in [0.15, 0.2) is 60.8 Å². The third kappa shape index (κ3) is 4.80. The molecule has 182 valence electrons. The van der Waals surface area contributed by atoms with Crippen LogP contribution in [0.25, 0.3) is 11.1 Å². The average molecular weight is 488 g/mol. The Morgan fingerprint density at radius 3 is 2.23 bits per heavy atom. The van der Waals surface area contributed by atoms with Crippen LogP contribution in [0.4, 0.5) is 27.6 Å². The molecule has 9 heteroatoms. The first-order valence-electron chi connectivity index (χ1n) is 10.9. The summed E-state index contributed by atoms with van der Waals surface area (Å²) in [5.74, 6) is -3.43. The quantitative estimate of drug-likeness (QED) is 0.296. The molecule has 35 heavy (non-hydrogen) atoms. The molecule has 4 nitrogen and oxygen atoms in total. The second-order valence-corrected chi connectivity index (χ2v) is 8.52. The van der Waals surface area contributed by atoms with E-state index in [0.29, 0.717) is 41.5 Å². The molecule has 0 radical (unpaired) electrons. The minimum atomic E-state index is -4.46. The van der Waals surface area contributed by atoms with E-state index in [1.807, 2.05) is 0 Å². The van der Waals surface area contributed by atoms with Crippen molar-refractivity contribution in [1.82, 2.24) is 4.98 Å². The molecule has 1 fully saturated rings. The van der Waals surface area contributed by atoms with E-state index in [1.54, 1.807) is 12.1 Å². The number of pyridine rings is 1. The number of nitrogens with one attached hydrogen (secondary N) is 1. The van der Waals surface area contributed by atoms with Gasteiger partial charge in [-0.15, -0.1) is 0 Å². The molecule has 2 aromatic carbocycles. The fraction of sp³-hybridized carbons (Fsp3) is 0.269. The number of hydrogen-bond acceptors (Lipinski definition) is 3. The summed E-state index contributed by atoms with van der Waals surface area (Å²) in [4.78, 5) is 28.5. The van der Waals surface area contributed by atoms with Gasteiger partial charge in [-0.1, -0.05) is 31.2 Å². The van der Waals surface area contributed by atoms with Crippen molar-refractivity contribution in [3.63, 3.8) is 0 Å². The standard InChI is InChI=1S/C26H21F5N2O2/c1-2-25(27,28)22-10-3-16(14-32-22)21-9-8-20(13-17(21)15-34)33-23(35)24(11-12-24)18-4-6-19(7-5-18)26(29,30)31/h3-10,13-15H,2,11-12H2,1H3,(H,33,35). The summed E-state index contributed by atoms with van der Waals surface area (Å²) in [6.45, 7) is 1.36. The van der Waals surface area contributed by atoms with Crippen LogP contribution in [0, 0.1) is 0 Å². The van der Waals surface area contributed by atoms with Gasteiger partial charge in [0.2, 0.25) is 5.91 Å². The first kappa shape index (κ1) is 24.5. The predicted molar refractivity (Wildman–Crippen MR) is 120 cm³/mol. The number of hydrogen-bond donors (Lipinski definition) is 1. The third-order valence-electron chi connectivity index (χ3n) is 6.28. The van der Waals surface area contributed by atoms with Gasteiger partial charge in [0.1, 0.15) is 5.69 Å². The zero-order valence-corrected chi connectivity index (χ0v) is 18.6. The van der Waals surface area contributed by atoms with E-state index in [4.69, 9.17) is 0 Å². The highest BCUT2D eigenvalue weighted by molar-refractivity contribution is 6.02. The van der Waals surface area contributed by atoms with Gasteiger partial charge in [-0.05, 0) is 54.3 Å². The lowest BCUT2D eigenvalue weighted by Gasteiger charge is -2.18. The van der Waals surface area contributed by atoms with Gasteiger partial charge in [-0.2, -0.15) is 22.0 Å². The van der Waals surface area contributed by atoms with Gasteiger partial charge in [-0.3, -0.25) is 14.6 Å². The highest BCUT2D eigenvalue weighted by atomic mass is 19.4. The van der Waals surface area contributed by atoms with Crippen molar-refractivity contribution < 1.29 is 31.5 Å². The lowest BCUT2D eigenvalue weighted by Crippen LogP contribution is -2.28. The van der Waals surface area contributed by atoms with Crippen LogP contribution in [0.1, 0.15) is 53.4 Å². The maximum absolute atomic E-state index is 13.8. The van der Waals surface area contributed by atoms with Crippen molar-refractivity contribution in [2.24, 2.45) is 0 Å². The van der Waals surface area contributed by atoms with E-state index in [9.17, 15) is 31.5 Å². The number of rotatable bonds is 7. The third-order valence-corrected chi connectivity index (χ3v) is 6.28. The predicted octanol–water partition coefficient (Wildman–Crippen LogP) is 6.75. The van der Waals surface area contributed by atoms with Crippen molar-refractivity contribution in [3.8, 4) is 11.1 Å². The summed E-state index contributed by atoms with van der Waals surface area (Å²) in [5.41, 5.74) is -0.105. The molecule has 1 saturated carbocycles. The van der Waals surface area contributed by atoms with Crippen LogP contribution in [0.2, 0.25) is 0 Å². The summed E-state index contributed by atoms with van der Waals surface area (Å²) >= 11 is 0. The topological polar surface area (TPSA) is 59.1 Å². The van der Waals surface area contributed by atoms with Crippen LogP contribution in [0.5, 0.6) is 0 Å². The Labute approximate surface area is 198 Å². The highest BCUT2D eigenvalue weighted by Gasteiger charge is 2.51. The monoisotopic (exact) mass is 488 g/mol. The molecule has 1 aliphatic rings. The van der Waals surface area contributed by atoms with Gasteiger partial charge in [0.25, 0.3) is 5.92 Å². The average Bonchev–Trinajstić information content (AvgIpc) is 3.66. The molecule has 1 aliphatic carbocycles. The molecule has 0 spiro atoms. The Morgan fingerprint density at radius 1 is 1.03 bits per heavy atom. The molecule has 1 aromatic heterocycles. The number of amides is 1. The maximum atomic E-state index is 13.8. The number of aromatic nitrogens is 1. The summed E-state index contributed by atoms with van der Waals surface area (Å²) < 4.78 is 66.2. The van der Waals surface area contributed by atoms with E-state index in [0.717, 1.165) is 12.1 Å². The number of benzene rings is 2. The summed E-state index contributed by atoms with van der Waals surface area (Å²) in [5, 5.41) is 2.74. The SMILES string of the molecule is CCC(F)(F)c1ccc(-c2ccc(NC(=O)C3(c4ccc(C(F)(F)F)cc4)CC3)cc2C=O)cn1. The van der Waals surface area contributed by atoms with Crippen LogP contribution in [-0.2, 0) is 22.3 Å². The van der Waals surface area contributed by atoms with Crippen molar-refractivity contribution in [2.45, 2.75) is 43.7 Å². The van der Waals surface area contributed by atoms with Gasteiger partial charge >= 0.3 is 6.18 Å². The molecule has 1 N–H and O–H groups in total. The number of nitrogens with zero attached hydrogens (tertiary/aromatic N) is 1. The van der Waals surface area contributed by atoms with E-state index in [1.165, 1.54) is 43.5 Å². The first-order valence-corrected chi connectivity index (χ1v) is 10.9. The van der Waals surface area contributed by atoms with Crippen LogP contribution in [0.3, 0.4) is 0 Å². The van der Waals surface area contributed by atoms with Gasteiger partial charge in [0.05, 0.1) is 11.0 Å². The lowest BCUT2D eigenvalue weighted by atomic mass is 9.93. The molecule has 0 aliphatic heterocycles. The minimum absolute atomic E-state index is 0.221. The molecule has 1 heterocycles. The highest BCUT2D eigenvalue weighted by Crippen LogP contribution is 2.49. The fourth-order valence-corrected chi connectivity index (χ4v) is 3.95. The summed E-state index contributed by atoms with van der Waals surface area (Å²) in [7, 11) is 0. The first-order chi connectivity index (χ1) is 16.5. The normalized spacial score (nSPS) is 14.9. The summed E-state index contributed by atoms with van der Waals surface area (Å²) in [6, 6.07) is 11.8. The van der Waals surface area contributed by atoms with Crippen molar-refractivity contribution in [2.75, 3.05) is 5.32 Å². The Balaban J connectivity index is 1.54. The van der Waals surface area contributed by atoms with Gasteiger partial charge in [0, 0.05) is 29.4 Å². The zero-order valence-electron chi connectivity index (χ0n) is 18.6. The van der Waals surface area contributed by atoms with E-state index >= 15 is 0 Å². The number of aldehydes is 1. The van der Waals surface area contributed by atoms with Crippen molar-refractivity contribution in [1.29, 1.82) is 0 Å². The van der Waals surface area contributed by atoms with E-state index < -0.39 is 23.1 Å². The molecule has 0 unspecified atom stereocenters. The largest absolute Gasteiger partial charge is 0.416 e. The minimum Gasteiger partial charge on any atom is -0.325 e. The van der Waals surface area contributed by atoms with Gasteiger partial charge < -0.3 is 5.32 Å². The van der Waals surface area contributed by atoms with Gasteiger partial charge in [0.15, 0.2) is 6.29 Å². The molecule has 0 bridgehead atoms. The molecular weight excluding hydrogens is 467 g/mol. The number of carbonyl (C=O) groups excluding carboxylic acids is 2. The van der Waals surface area contributed by atoms with Crippen LogP contribution in [-0.4, -0.2) is 17.2 Å². The number of halogens is 5. The van der Waals surface area contributed by atoms with Crippen molar-refractivity contribution >= 4 is 17.9 Å². The molecule has 0 saturated heterocycles. The second kappa shape index (κ2) is 8.87. The zero-order chi connectivity index (χ0) is 25.4. The number of alkyl halides is 5. The second-order valence-electron chi connectivity index (χ2n) is 8.52. The Hall–Kier alpha value is -3.62. The Bertz CT molecular complexity index is 1250. The van der Waals surface area contributed by atoms with E-state index in [2.05, 4.69) is 10.3 Å². The van der Waals surface area contributed by atoms with E-state index in [-0.39, 0.29) is 23.6 Å². The van der Waals surface area contributed by atoms with Crippen LogP contribution < -0.4 is 5.32 Å².